The fourth-order valence-corrected chi connectivity index (χ4v) is 1.83. The zero-order valence-corrected chi connectivity index (χ0v) is 10.7. The van der Waals surface area contributed by atoms with Crippen molar-refractivity contribution in [3.05, 3.63) is 53.9 Å². The third-order valence-electron chi connectivity index (χ3n) is 2.96. The van der Waals surface area contributed by atoms with Crippen molar-refractivity contribution in [1.29, 1.82) is 0 Å². The monoisotopic (exact) mass is 265 g/mol. The van der Waals surface area contributed by atoms with Crippen molar-refractivity contribution >= 4 is 0 Å². The van der Waals surface area contributed by atoms with Gasteiger partial charge >= 0.3 is 6.18 Å². The Morgan fingerprint density at radius 1 is 0.947 bits per heavy atom. The van der Waals surface area contributed by atoms with Crippen LogP contribution in [0.3, 0.4) is 0 Å². The van der Waals surface area contributed by atoms with Gasteiger partial charge in [0.05, 0.1) is 0 Å². The number of nitrogens with zero attached hydrogens (tertiary/aromatic N) is 1. The third kappa shape index (κ3) is 3.13. The van der Waals surface area contributed by atoms with Crippen LogP contribution < -0.4 is 0 Å². The van der Waals surface area contributed by atoms with Gasteiger partial charge in [-0.3, -0.25) is 4.98 Å². The van der Waals surface area contributed by atoms with Gasteiger partial charge in [0.1, 0.15) is 5.69 Å². The molecule has 0 saturated carbocycles. The molecule has 19 heavy (non-hydrogen) atoms. The molecule has 1 aromatic heterocycles. The van der Waals surface area contributed by atoms with E-state index in [0.29, 0.717) is 11.5 Å². The first kappa shape index (κ1) is 13.6. The van der Waals surface area contributed by atoms with Crippen molar-refractivity contribution in [3.63, 3.8) is 0 Å². The van der Waals surface area contributed by atoms with Gasteiger partial charge in [0.25, 0.3) is 0 Å². The highest BCUT2D eigenvalue weighted by molar-refractivity contribution is 5.63. The number of aromatic nitrogens is 1. The Balaban J connectivity index is 2.37. The fraction of sp³-hybridized carbons (Fsp3) is 0.267. The summed E-state index contributed by atoms with van der Waals surface area (Å²) in [7, 11) is 0. The third-order valence-corrected chi connectivity index (χ3v) is 2.96. The largest absolute Gasteiger partial charge is 0.433 e. The summed E-state index contributed by atoms with van der Waals surface area (Å²) >= 11 is 0. The van der Waals surface area contributed by atoms with Crippen molar-refractivity contribution in [2.75, 3.05) is 0 Å². The molecule has 100 valence electrons. The molecular weight excluding hydrogens is 251 g/mol. The highest BCUT2D eigenvalue weighted by atomic mass is 19.4. The second-order valence-corrected chi connectivity index (χ2v) is 4.70. The molecule has 4 heteroatoms. The van der Waals surface area contributed by atoms with E-state index >= 15 is 0 Å². The molecule has 0 atom stereocenters. The Bertz CT molecular complexity index is 556. The highest BCUT2D eigenvalue weighted by Crippen LogP contribution is 2.30. The van der Waals surface area contributed by atoms with E-state index in [1.54, 1.807) is 6.07 Å². The van der Waals surface area contributed by atoms with Crippen LogP contribution in [0.25, 0.3) is 11.1 Å². The van der Waals surface area contributed by atoms with Gasteiger partial charge in [0, 0.05) is 6.20 Å². The van der Waals surface area contributed by atoms with E-state index in [1.807, 2.05) is 24.3 Å². The van der Waals surface area contributed by atoms with Crippen molar-refractivity contribution in [2.45, 2.75) is 25.9 Å². The molecule has 0 amide bonds. The van der Waals surface area contributed by atoms with E-state index in [1.165, 1.54) is 6.20 Å². The van der Waals surface area contributed by atoms with Crippen LogP contribution in [0.2, 0.25) is 0 Å². The summed E-state index contributed by atoms with van der Waals surface area (Å²) in [5.41, 5.74) is 1.58. The van der Waals surface area contributed by atoms with Crippen LogP contribution in [-0.4, -0.2) is 4.98 Å². The van der Waals surface area contributed by atoms with E-state index < -0.39 is 11.9 Å². The van der Waals surface area contributed by atoms with E-state index in [-0.39, 0.29) is 0 Å². The van der Waals surface area contributed by atoms with Gasteiger partial charge in [-0.1, -0.05) is 38.1 Å². The van der Waals surface area contributed by atoms with Gasteiger partial charge < -0.3 is 0 Å². The number of alkyl halides is 3. The molecule has 0 aliphatic rings. The van der Waals surface area contributed by atoms with Crippen LogP contribution in [-0.2, 0) is 6.18 Å². The molecule has 0 unspecified atom stereocenters. The maximum atomic E-state index is 12.6. The van der Waals surface area contributed by atoms with Gasteiger partial charge in [-0.25, -0.2) is 0 Å². The number of benzene rings is 1. The first-order valence-corrected chi connectivity index (χ1v) is 6.01. The molecule has 0 aliphatic heterocycles. The minimum absolute atomic E-state index is 0.400. The molecule has 2 aromatic rings. The lowest BCUT2D eigenvalue weighted by Gasteiger charge is -2.09. The summed E-state index contributed by atoms with van der Waals surface area (Å²) in [6, 6.07) is 10.2. The van der Waals surface area contributed by atoms with Crippen molar-refractivity contribution in [2.24, 2.45) is 0 Å². The Hall–Kier alpha value is -1.84. The van der Waals surface area contributed by atoms with Crippen LogP contribution in [0.4, 0.5) is 13.2 Å². The molecule has 1 heterocycles. The lowest BCUT2D eigenvalue weighted by Crippen LogP contribution is -2.07. The molecule has 0 N–H and O–H groups in total. The topological polar surface area (TPSA) is 12.9 Å². The number of pyridine rings is 1. The number of rotatable bonds is 2. The van der Waals surface area contributed by atoms with Gasteiger partial charge in [-0.05, 0) is 34.7 Å². The average molecular weight is 265 g/mol. The second kappa shape index (κ2) is 5.03. The predicted octanol–water partition coefficient (Wildman–Crippen LogP) is 4.89. The van der Waals surface area contributed by atoms with Crippen LogP contribution in [0.5, 0.6) is 0 Å². The summed E-state index contributed by atoms with van der Waals surface area (Å²) in [5, 5.41) is 0. The minimum Gasteiger partial charge on any atom is -0.252 e. The summed E-state index contributed by atoms with van der Waals surface area (Å²) in [5.74, 6) is 0.400. The van der Waals surface area contributed by atoms with E-state index in [4.69, 9.17) is 0 Å². The molecule has 0 aliphatic carbocycles. The number of hydrogen-bond donors (Lipinski definition) is 0. The molecule has 2 rings (SSSR count). The van der Waals surface area contributed by atoms with Crippen LogP contribution in [0.1, 0.15) is 31.0 Å². The Kier molecular flexibility index (Phi) is 3.60. The van der Waals surface area contributed by atoms with Crippen molar-refractivity contribution < 1.29 is 13.2 Å². The summed E-state index contributed by atoms with van der Waals surface area (Å²) < 4.78 is 37.8. The second-order valence-electron chi connectivity index (χ2n) is 4.70. The molecule has 1 nitrogen and oxygen atoms in total. The lowest BCUT2D eigenvalue weighted by molar-refractivity contribution is -0.141. The summed E-state index contributed by atoms with van der Waals surface area (Å²) in [6.07, 6.45) is -3.22. The quantitative estimate of drug-likeness (QED) is 0.753. The standard InChI is InChI=1S/C15H14F3N/c1-10(2)11-3-5-12(6-4-11)13-7-8-19-14(9-13)15(16,17)18/h3-10H,1-2H3. The lowest BCUT2D eigenvalue weighted by atomic mass is 9.99. The molecule has 0 bridgehead atoms. The van der Waals surface area contributed by atoms with Gasteiger partial charge in [0.2, 0.25) is 0 Å². The van der Waals surface area contributed by atoms with Gasteiger partial charge in [-0.15, -0.1) is 0 Å². The first-order valence-electron chi connectivity index (χ1n) is 6.01. The summed E-state index contributed by atoms with van der Waals surface area (Å²) in [4.78, 5) is 3.36. The average Bonchev–Trinajstić information content (AvgIpc) is 2.38. The van der Waals surface area contributed by atoms with Crippen LogP contribution >= 0.6 is 0 Å². The van der Waals surface area contributed by atoms with Gasteiger partial charge in [0.15, 0.2) is 0 Å². The van der Waals surface area contributed by atoms with Crippen LogP contribution in [0.15, 0.2) is 42.6 Å². The molecular formula is C15H14F3N. The minimum atomic E-state index is -4.41. The molecule has 0 saturated heterocycles. The zero-order chi connectivity index (χ0) is 14.0. The zero-order valence-electron chi connectivity index (χ0n) is 10.7. The normalized spacial score (nSPS) is 11.9. The van der Waals surface area contributed by atoms with Crippen molar-refractivity contribution in [3.8, 4) is 11.1 Å². The predicted molar refractivity (Wildman–Crippen MR) is 68.8 cm³/mol. The SMILES string of the molecule is CC(C)c1ccc(-c2ccnc(C(F)(F)F)c2)cc1. The highest BCUT2D eigenvalue weighted by Gasteiger charge is 2.32. The number of hydrogen-bond acceptors (Lipinski definition) is 1. The smallest absolute Gasteiger partial charge is 0.252 e. The fourth-order valence-electron chi connectivity index (χ4n) is 1.83. The van der Waals surface area contributed by atoms with E-state index in [2.05, 4.69) is 18.8 Å². The molecule has 0 spiro atoms. The number of halogens is 3. The first-order chi connectivity index (χ1) is 8.88. The van der Waals surface area contributed by atoms with E-state index in [9.17, 15) is 13.2 Å². The Labute approximate surface area is 110 Å². The maximum Gasteiger partial charge on any atom is 0.433 e. The van der Waals surface area contributed by atoms with Crippen molar-refractivity contribution in [1.82, 2.24) is 4.98 Å². The van der Waals surface area contributed by atoms with Crippen LogP contribution in [0, 0.1) is 0 Å². The molecule has 0 fully saturated rings. The Morgan fingerprint density at radius 2 is 1.58 bits per heavy atom. The van der Waals surface area contributed by atoms with E-state index in [0.717, 1.165) is 17.2 Å². The Morgan fingerprint density at radius 3 is 2.11 bits per heavy atom. The molecule has 0 radical (unpaired) electrons. The summed E-state index contributed by atoms with van der Waals surface area (Å²) in [6.45, 7) is 4.15. The van der Waals surface area contributed by atoms with Gasteiger partial charge in [-0.2, -0.15) is 13.2 Å². The maximum absolute atomic E-state index is 12.6. The molecule has 1 aromatic carbocycles.